The van der Waals surface area contributed by atoms with Crippen molar-refractivity contribution in [2.45, 2.75) is 11.3 Å². The van der Waals surface area contributed by atoms with Gasteiger partial charge in [-0.15, -0.1) is 24.2 Å². The molecule has 0 unspecified atom stereocenters. The highest BCUT2D eigenvalue weighted by molar-refractivity contribution is 7.98. The first-order valence-corrected chi connectivity index (χ1v) is 6.07. The molecule has 1 rings (SSSR count). The van der Waals surface area contributed by atoms with E-state index in [4.69, 9.17) is 0 Å². The van der Waals surface area contributed by atoms with Gasteiger partial charge in [0.05, 0.1) is 0 Å². The van der Waals surface area contributed by atoms with Crippen molar-refractivity contribution in [2.75, 3.05) is 25.2 Å². The van der Waals surface area contributed by atoms with Crippen LogP contribution in [0.1, 0.15) is 6.42 Å². The van der Waals surface area contributed by atoms with E-state index in [0.29, 0.717) is 13.0 Å². The number of carbonyl (C=O) groups is 1. The first kappa shape index (κ1) is 15.3. The molecule has 0 aliphatic carbocycles. The summed E-state index contributed by atoms with van der Waals surface area (Å²) in [7, 11) is 1.83. The van der Waals surface area contributed by atoms with E-state index < -0.39 is 0 Å². The summed E-state index contributed by atoms with van der Waals surface area (Å²) in [6.45, 7) is 0.703. The van der Waals surface area contributed by atoms with Gasteiger partial charge in [-0.1, -0.05) is 0 Å². The lowest BCUT2D eigenvalue weighted by Crippen LogP contribution is -2.18. The van der Waals surface area contributed by atoms with E-state index in [0.717, 1.165) is 5.69 Å². The largest absolute Gasteiger partial charge is 0.326 e. The van der Waals surface area contributed by atoms with Gasteiger partial charge in [0.1, 0.15) is 0 Å². The quantitative estimate of drug-likeness (QED) is 0.799. The average molecular weight is 261 g/mol. The number of rotatable bonds is 5. The summed E-state index contributed by atoms with van der Waals surface area (Å²) in [6.07, 6.45) is 2.53. The molecule has 0 aliphatic rings. The van der Waals surface area contributed by atoms with Crippen molar-refractivity contribution in [3.8, 4) is 0 Å². The Balaban J connectivity index is 0.00000225. The second-order valence-electron chi connectivity index (χ2n) is 3.13. The van der Waals surface area contributed by atoms with Crippen LogP contribution in [-0.2, 0) is 4.79 Å². The second-order valence-corrected chi connectivity index (χ2v) is 4.01. The number of nitrogens with one attached hydrogen (secondary N) is 2. The van der Waals surface area contributed by atoms with Gasteiger partial charge in [-0.3, -0.25) is 4.79 Å². The summed E-state index contributed by atoms with van der Waals surface area (Å²) in [5.41, 5.74) is 0.855. The molecule has 0 saturated carbocycles. The maximum atomic E-state index is 11.4. The highest BCUT2D eigenvalue weighted by atomic mass is 35.5. The number of anilines is 1. The van der Waals surface area contributed by atoms with Crippen LogP contribution in [0.15, 0.2) is 29.2 Å². The molecule has 2 N–H and O–H groups in total. The average Bonchev–Trinajstić information content (AvgIpc) is 2.27. The molecular weight excluding hydrogens is 244 g/mol. The maximum absolute atomic E-state index is 11.4. The van der Waals surface area contributed by atoms with Crippen molar-refractivity contribution < 1.29 is 4.79 Å². The molecule has 90 valence electrons. The van der Waals surface area contributed by atoms with Gasteiger partial charge >= 0.3 is 0 Å². The Bertz CT molecular complexity index is 316. The van der Waals surface area contributed by atoms with E-state index in [2.05, 4.69) is 10.6 Å². The fourth-order valence-electron chi connectivity index (χ4n) is 1.14. The zero-order chi connectivity index (χ0) is 11.1. The van der Waals surface area contributed by atoms with Gasteiger partial charge in [-0.25, -0.2) is 0 Å². The van der Waals surface area contributed by atoms with Gasteiger partial charge in [0.25, 0.3) is 0 Å². The molecule has 0 atom stereocenters. The van der Waals surface area contributed by atoms with Gasteiger partial charge in [0.15, 0.2) is 0 Å². The third kappa shape index (κ3) is 5.39. The monoisotopic (exact) mass is 260 g/mol. The molecule has 0 bridgehead atoms. The van der Waals surface area contributed by atoms with Gasteiger partial charge in [-0.05, 0) is 37.6 Å². The zero-order valence-electron chi connectivity index (χ0n) is 9.45. The number of halogens is 1. The Labute approximate surface area is 107 Å². The molecule has 1 amide bonds. The lowest BCUT2D eigenvalue weighted by Gasteiger charge is -2.05. The smallest absolute Gasteiger partial charge is 0.225 e. The number of thioether (sulfide) groups is 1. The van der Waals surface area contributed by atoms with E-state index in [9.17, 15) is 4.79 Å². The van der Waals surface area contributed by atoms with Crippen molar-refractivity contribution in [1.29, 1.82) is 0 Å². The Morgan fingerprint density at radius 3 is 2.44 bits per heavy atom. The Kier molecular flexibility index (Phi) is 8.07. The minimum absolute atomic E-state index is 0. The Morgan fingerprint density at radius 1 is 1.31 bits per heavy atom. The number of hydrogen-bond acceptors (Lipinski definition) is 3. The molecule has 1 aromatic rings. The lowest BCUT2D eigenvalue weighted by atomic mass is 10.3. The van der Waals surface area contributed by atoms with Gasteiger partial charge < -0.3 is 10.6 Å². The van der Waals surface area contributed by atoms with Gasteiger partial charge in [-0.2, -0.15) is 0 Å². The minimum Gasteiger partial charge on any atom is -0.326 e. The summed E-state index contributed by atoms with van der Waals surface area (Å²) < 4.78 is 0. The van der Waals surface area contributed by atoms with Gasteiger partial charge in [0.2, 0.25) is 5.91 Å². The highest BCUT2D eigenvalue weighted by Gasteiger charge is 2.00. The topological polar surface area (TPSA) is 41.1 Å². The fraction of sp³-hybridized carbons (Fsp3) is 0.364. The summed E-state index contributed by atoms with van der Waals surface area (Å²) in [4.78, 5) is 12.6. The molecular formula is C11H17ClN2OS. The van der Waals surface area contributed by atoms with Crippen LogP contribution in [0.25, 0.3) is 0 Å². The highest BCUT2D eigenvalue weighted by Crippen LogP contribution is 2.17. The predicted octanol–water partition coefficient (Wildman–Crippen LogP) is 2.38. The SMILES string of the molecule is CNCCC(=O)Nc1ccc(SC)cc1.Cl. The second kappa shape index (κ2) is 8.44. The van der Waals surface area contributed by atoms with Crippen LogP contribution in [-0.4, -0.2) is 25.8 Å². The van der Waals surface area contributed by atoms with Crippen LogP contribution in [0.5, 0.6) is 0 Å². The van der Waals surface area contributed by atoms with Crippen LogP contribution in [0.4, 0.5) is 5.69 Å². The molecule has 3 nitrogen and oxygen atoms in total. The third-order valence-electron chi connectivity index (χ3n) is 1.98. The fourth-order valence-corrected chi connectivity index (χ4v) is 1.54. The molecule has 5 heteroatoms. The van der Waals surface area contributed by atoms with E-state index in [1.165, 1.54) is 4.90 Å². The van der Waals surface area contributed by atoms with Crippen molar-refractivity contribution in [2.24, 2.45) is 0 Å². The van der Waals surface area contributed by atoms with E-state index in [1.54, 1.807) is 11.8 Å². The molecule has 0 aliphatic heterocycles. The molecule has 1 aromatic carbocycles. The molecule has 0 aromatic heterocycles. The Morgan fingerprint density at radius 2 is 1.94 bits per heavy atom. The molecule has 0 heterocycles. The van der Waals surface area contributed by atoms with E-state index in [1.807, 2.05) is 37.6 Å². The van der Waals surface area contributed by atoms with Crippen LogP contribution >= 0.6 is 24.2 Å². The van der Waals surface area contributed by atoms with Crippen LogP contribution < -0.4 is 10.6 Å². The van der Waals surface area contributed by atoms with Gasteiger partial charge in [0, 0.05) is 23.5 Å². The summed E-state index contributed by atoms with van der Waals surface area (Å²) >= 11 is 1.69. The van der Waals surface area contributed by atoms with E-state index in [-0.39, 0.29) is 18.3 Å². The summed E-state index contributed by atoms with van der Waals surface area (Å²) in [5, 5.41) is 5.78. The maximum Gasteiger partial charge on any atom is 0.225 e. The standard InChI is InChI=1S/C11H16N2OS.ClH/c1-12-8-7-11(14)13-9-3-5-10(15-2)6-4-9;/h3-6,12H,7-8H2,1-2H3,(H,13,14);1H. The molecule has 0 spiro atoms. The molecule has 0 radical (unpaired) electrons. The lowest BCUT2D eigenvalue weighted by molar-refractivity contribution is -0.116. The Hall–Kier alpha value is -0.710. The summed E-state index contributed by atoms with van der Waals surface area (Å²) in [5.74, 6) is 0.0428. The first-order chi connectivity index (χ1) is 7.26. The third-order valence-corrected chi connectivity index (χ3v) is 2.72. The number of hydrogen-bond donors (Lipinski definition) is 2. The predicted molar refractivity (Wildman–Crippen MR) is 72.6 cm³/mol. The zero-order valence-corrected chi connectivity index (χ0v) is 11.1. The normalized spacial score (nSPS) is 9.38. The van der Waals surface area contributed by atoms with Crippen molar-refractivity contribution in [3.63, 3.8) is 0 Å². The molecule has 16 heavy (non-hydrogen) atoms. The van der Waals surface area contributed by atoms with Crippen molar-refractivity contribution in [1.82, 2.24) is 5.32 Å². The minimum atomic E-state index is 0. The molecule has 0 saturated heterocycles. The van der Waals surface area contributed by atoms with Crippen molar-refractivity contribution in [3.05, 3.63) is 24.3 Å². The number of amides is 1. The molecule has 0 fully saturated rings. The van der Waals surface area contributed by atoms with Crippen molar-refractivity contribution >= 4 is 35.8 Å². The first-order valence-electron chi connectivity index (χ1n) is 4.84. The number of carbonyl (C=O) groups excluding carboxylic acids is 1. The van der Waals surface area contributed by atoms with Crippen LogP contribution in [0, 0.1) is 0 Å². The van der Waals surface area contributed by atoms with Crippen LogP contribution in [0.2, 0.25) is 0 Å². The van der Waals surface area contributed by atoms with E-state index >= 15 is 0 Å². The summed E-state index contributed by atoms with van der Waals surface area (Å²) in [6, 6.07) is 7.84. The number of benzene rings is 1. The van der Waals surface area contributed by atoms with Crippen LogP contribution in [0.3, 0.4) is 0 Å².